The fraction of sp³-hybridized carbons (Fsp3) is 0. The van der Waals surface area contributed by atoms with Crippen molar-refractivity contribution in [3.8, 4) is 0 Å². The molecule has 0 aromatic carbocycles. The van der Waals surface area contributed by atoms with E-state index in [1.54, 1.807) is 0 Å². The second-order valence-electron chi connectivity index (χ2n) is 0.102. The molecule has 0 aromatic heterocycles. The van der Waals surface area contributed by atoms with Gasteiger partial charge in [0, 0.05) is 0 Å². The van der Waals surface area contributed by atoms with Gasteiger partial charge in [-0.15, -0.1) is 0 Å². The third-order valence-electron chi connectivity index (χ3n) is 0. The summed E-state index contributed by atoms with van der Waals surface area (Å²) in [5, 5.41) is 0. The fourth-order valence-corrected chi connectivity index (χ4v) is 0. The molecule has 0 rings (SSSR count). The van der Waals surface area contributed by atoms with Crippen LogP contribution in [0.1, 0.15) is 0 Å². The van der Waals surface area contributed by atoms with Crippen LogP contribution in [0.5, 0.6) is 0 Å². The Morgan fingerprint density at radius 2 is 1.75 bits per heavy atom. The molecule has 3 heteroatoms. The summed E-state index contributed by atoms with van der Waals surface area (Å²) in [6, 6.07) is 0. The van der Waals surface area contributed by atoms with Crippen molar-refractivity contribution < 1.29 is 24.3 Å². The van der Waals surface area contributed by atoms with E-state index in [9.17, 15) is 0 Å². The molecule has 0 saturated carbocycles. The van der Waals surface area contributed by atoms with E-state index < -0.39 is 0 Å². The first-order chi connectivity index (χ1) is 1.41. The Bertz CT molecular complexity index is 29.0. The molecule has 0 aliphatic heterocycles. The minimum absolute atomic E-state index is 0. The SMILES string of the molecule is O=C=P.[RhH3]. The van der Waals surface area contributed by atoms with Gasteiger partial charge in [0.15, 0.2) is 0 Å². The van der Waals surface area contributed by atoms with E-state index in [1.807, 2.05) is 0 Å². The fourth-order valence-electron chi connectivity index (χ4n) is 0. The Balaban J connectivity index is 0. The van der Waals surface area contributed by atoms with Gasteiger partial charge in [0.25, 0.3) is 0 Å². The first kappa shape index (κ1) is 8.82. The Labute approximate surface area is 39.4 Å². The molecule has 4 heavy (non-hydrogen) atoms. The molecule has 0 fully saturated rings. The van der Waals surface area contributed by atoms with E-state index in [1.165, 1.54) is 5.66 Å². The van der Waals surface area contributed by atoms with Gasteiger partial charge < -0.3 is 0 Å². The minimum atomic E-state index is 0. The molecular weight excluding hydrogens is 162 g/mol. The predicted octanol–water partition coefficient (Wildman–Crippen LogP) is -0.609. The molecular formula is CH4OPRh. The van der Waals surface area contributed by atoms with E-state index in [2.05, 4.69) is 8.86 Å². The quantitative estimate of drug-likeness (QED) is 0.346. The van der Waals surface area contributed by atoms with E-state index in [0.29, 0.717) is 0 Å². The number of hydrogen-bond acceptors (Lipinski definition) is 1. The van der Waals surface area contributed by atoms with Gasteiger partial charge in [0.1, 0.15) is 5.66 Å². The van der Waals surface area contributed by atoms with Crippen LogP contribution < -0.4 is 0 Å². The molecule has 0 N–H and O–H groups in total. The third kappa shape index (κ3) is 22.3. The maximum atomic E-state index is 8.59. The van der Waals surface area contributed by atoms with Crippen molar-refractivity contribution in [3.05, 3.63) is 0 Å². The molecule has 0 unspecified atom stereocenters. The van der Waals surface area contributed by atoms with Crippen LogP contribution in [0, 0.1) is 0 Å². The Kier molecular flexibility index (Phi) is 21.4. The van der Waals surface area contributed by atoms with E-state index in [-0.39, 0.29) is 19.5 Å². The first-order valence-corrected chi connectivity index (χ1v) is 0.954. The average molecular weight is 166 g/mol. The third-order valence-corrected chi connectivity index (χ3v) is 0. The predicted molar refractivity (Wildman–Crippen MR) is 18.2 cm³/mol. The van der Waals surface area contributed by atoms with Crippen LogP contribution in [0.25, 0.3) is 0 Å². The summed E-state index contributed by atoms with van der Waals surface area (Å²) in [6.07, 6.45) is 0. The van der Waals surface area contributed by atoms with Crippen molar-refractivity contribution in [2.45, 2.75) is 0 Å². The summed E-state index contributed by atoms with van der Waals surface area (Å²) in [6.45, 7) is 0. The molecule has 28 valence electrons. The Hall–Kier alpha value is 0.503. The van der Waals surface area contributed by atoms with E-state index >= 15 is 0 Å². The van der Waals surface area contributed by atoms with Crippen molar-refractivity contribution in [1.82, 2.24) is 0 Å². The van der Waals surface area contributed by atoms with Gasteiger partial charge in [0.2, 0.25) is 0 Å². The van der Waals surface area contributed by atoms with Crippen LogP contribution in [0.3, 0.4) is 0 Å². The summed E-state index contributed by atoms with van der Waals surface area (Å²) < 4.78 is 0. The molecule has 1 radical (unpaired) electrons. The van der Waals surface area contributed by atoms with Crippen LogP contribution in [0.15, 0.2) is 0 Å². The normalized spacial score (nSPS) is 2.00. The molecule has 0 bridgehead atoms. The first-order valence-electron chi connectivity index (χ1n) is 0.454. The van der Waals surface area contributed by atoms with Crippen molar-refractivity contribution in [1.29, 1.82) is 0 Å². The van der Waals surface area contributed by atoms with Gasteiger partial charge >= 0.3 is 19.5 Å². The second-order valence-corrected chi connectivity index (χ2v) is 0.306. The zero-order valence-electron chi connectivity index (χ0n) is 1.82. The van der Waals surface area contributed by atoms with Gasteiger partial charge in [-0.05, 0) is 8.86 Å². The molecule has 0 heterocycles. The standard InChI is InChI=1S/CHOP.Rh.3H/c2-1-3;;;;/h3H;;;;. The molecule has 1 nitrogen and oxygen atoms in total. The Morgan fingerprint density at radius 3 is 1.75 bits per heavy atom. The van der Waals surface area contributed by atoms with Crippen LogP contribution >= 0.6 is 8.86 Å². The second kappa shape index (κ2) is 9.71. The van der Waals surface area contributed by atoms with E-state index in [0.717, 1.165) is 0 Å². The topological polar surface area (TPSA) is 17.1 Å². The summed E-state index contributed by atoms with van der Waals surface area (Å²) >= 11 is 0. The number of carbonyl (C=O) groups excluding carboxylic acids is 1. The van der Waals surface area contributed by atoms with Crippen molar-refractivity contribution in [3.63, 3.8) is 0 Å². The van der Waals surface area contributed by atoms with E-state index in [4.69, 9.17) is 4.79 Å². The average Bonchev–Trinajstić information content (AvgIpc) is 0.918. The summed E-state index contributed by atoms with van der Waals surface area (Å²) in [5.41, 5.74) is 1.31. The summed E-state index contributed by atoms with van der Waals surface area (Å²) in [5.74, 6) is 0. The molecule has 0 spiro atoms. The van der Waals surface area contributed by atoms with Crippen molar-refractivity contribution >= 4 is 14.5 Å². The molecule has 0 amide bonds. The summed E-state index contributed by atoms with van der Waals surface area (Å²) in [4.78, 5) is 8.59. The monoisotopic (exact) mass is 166 g/mol. The van der Waals surface area contributed by atoms with Gasteiger partial charge in [-0.25, -0.2) is 4.79 Å². The zero-order chi connectivity index (χ0) is 2.71. The Morgan fingerprint density at radius 1 is 1.75 bits per heavy atom. The molecule has 0 aliphatic rings. The van der Waals surface area contributed by atoms with Crippen LogP contribution in [0.4, 0.5) is 0 Å². The van der Waals surface area contributed by atoms with Crippen LogP contribution in [-0.2, 0) is 24.3 Å². The molecule has 0 saturated heterocycles. The number of rotatable bonds is 0. The number of hydrogen-bond donors (Lipinski definition) is 0. The zero-order valence-corrected chi connectivity index (χ0v) is 4.82. The van der Waals surface area contributed by atoms with Crippen LogP contribution in [0.2, 0.25) is 0 Å². The summed E-state index contributed by atoms with van der Waals surface area (Å²) in [7, 11) is 2.38. The maximum absolute atomic E-state index is 8.59. The van der Waals surface area contributed by atoms with Gasteiger partial charge in [-0.2, -0.15) is 0 Å². The van der Waals surface area contributed by atoms with Crippen molar-refractivity contribution in [2.75, 3.05) is 0 Å². The molecule has 0 aromatic rings. The van der Waals surface area contributed by atoms with Crippen molar-refractivity contribution in [2.24, 2.45) is 0 Å². The van der Waals surface area contributed by atoms with Crippen LogP contribution in [-0.4, -0.2) is 5.66 Å². The van der Waals surface area contributed by atoms with Gasteiger partial charge in [-0.3, -0.25) is 0 Å². The van der Waals surface area contributed by atoms with Gasteiger partial charge in [-0.1, -0.05) is 0 Å². The molecule has 0 atom stereocenters. The van der Waals surface area contributed by atoms with Gasteiger partial charge in [0.05, 0.1) is 0 Å². The molecule has 0 aliphatic carbocycles.